The van der Waals surface area contributed by atoms with Crippen molar-refractivity contribution in [2.45, 2.75) is 46.6 Å². The van der Waals surface area contributed by atoms with Gasteiger partial charge in [0.1, 0.15) is 5.01 Å². The van der Waals surface area contributed by atoms with Crippen LogP contribution in [-0.4, -0.2) is 43.1 Å². The average Bonchev–Trinajstić information content (AvgIpc) is 2.96. The number of thiazole rings is 1. The molecule has 1 rings (SSSR count). The van der Waals surface area contributed by atoms with Gasteiger partial charge >= 0.3 is 5.97 Å². The number of unbranched alkanes of at least 4 members (excludes halogenated alkanes) is 1. The molecule has 0 saturated heterocycles. The molecule has 23 heavy (non-hydrogen) atoms. The summed E-state index contributed by atoms with van der Waals surface area (Å²) >= 11 is 1.28. The lowest BCUT2D eigenvalue weighted by Crippen LogP contribution is -2.34. The van der Waals surface area contributed by atoms with E-state index >= 15 is 0 Å². The summed E-state index contributed by atoms with van der Waals surface area (Å²) in [6.07, 6.45) is 2.27. The fraction of sp³-hybridized carbons (Fsp3) is 0.733. The zero-order valence-electron chi connectivity index (χ0n) is 14.2. The lowest BCUT2D eigenvalue weighted by Gasteiger charge is -2.22. The Morgan fingerprint density at radius 2 is 2.13 bits per heavy atom. The number of sulfonamides is 1. The van der Waals surface area contributed by atoms with Crippen molar-refractivity contribution < 1.29 is 17.9 Å². The summed E-state index contributed by atoms with van der Waals surface area (Å²) in [6, 6.07) is 0. The van der Waals surface area contributed by atoms with E-state index in [4.69, 9.17) is 0 Å². The van der Waals surface area contributed by atoms with E-state index in [1.807, 2.05) is 6.92 Å². The van der Waals surface area contributed by atoms with Gasteiger partial charge in [0.05, 0.1) is 19.4 Å². The third-order valence-electron chi connectivity index (χ3n) is 3.36. The maximum Gasteiger partial charge on any atom is 0.357 e. The number of nitrogens with zero attached hydrogens (tertiary/aromatic N) is 2. The molecule has 132 valence electrons. The molecule has 0 bridgehead atoms. The summed E-state index contributed by atoms with van der Waals surface area (Å²) in [6.45, 7) is 6.78. The number of ether oxygens (including phenoxy) is 1. The van der Waals surface area contributed by atoms with Gasteiger partial charge in [-0.1, -0.05) is 27.2 Å². The maximum atomic E-state index is 12.5. The van der Waals surface area contributed by atoms with Crippen molar-refractivity contribution in [2.24, 2.45) is 5.92 Å². The highest BCUT2D eigenvalue weighted by atomic mass is 32.2. The molecule has 8 heteroatoms. The van der Waals surface area contributed by atoms with Gasteiger partial charge in [-0.05, 0) is 18.8 Å². The quantitative estimate of drug-likeness (QED) is 0.598. The van der Waals surface area contributed by atoms with E-state index in [0.717, 1.165) is 12.8 Å². The highest BCUT2D eigenvalue weighted by Gasteiger charge is 2.23. The number of esters is 1. The zero-order chi connectivity index (χ0) is 17.5. The van der Waals surface area contributed by atoms with Crippen molar-refractivity contribution in [2.75, 3.05) is 19.4 Å². The molecule has 0 atom stereocenters. The van der Waals surface area contributed by atoms with Gasteiger partial charge in [-0.15, -0.1) is 11.3 Å². The number of rotatable bonds is 10. The van der Waals surface area contributed by atoms with Gasteiger partial charge in [-0.2, -0.15) is 4.31 Å². The number of carbonyl (C=O) groups is 1. The van der Waals surface area contributed by atoms with Crippen molar-refractivity contribution in [3.63, 3.8) is 0 Å². The van der Waals surface area contributed by atoms with Crippen molar-refractivity contribution >= 4 is 27.3 Å². The molecule has 1 heterocycles. The standard InChI is InChI=1S/C15H26N2O4S2/c1-5-6-9-23(19,20)17(8-7-12(2)3)10-14-16-13(11-22-14)15(18)21-4/h11-12H,5-10H2,1-4H3. The lowest BCUT2D eigenvalue weighted by atomic mass is 10.1. The second-order valence-corrected chi connectivity index (χ2v) is 8.83. The third-order valence-corrected chi connectivity index (χ3v) is 6.10. The first-order chi connectivity index (χ1) is 10.8. The second-order valence-electron chi connectivity index (χ2n) is 5.80. The Labute approximate surface area is 142 Å². The molecule has 0 fully saturated rings. The van der Waals surface area contributed by atoms with Crippen LogP contribution in [-0.2, 0) is 21.3 Å². The minimum atomic E-state index is -3.31. The molecule has 0 aliphatic rings. The van der Waals surface area contributed by atoms with E-state index in [2.05, 4.69) is 23.6 Å². The number of aromatic nitrogens is 1. The normalized spacial score (nSPS) is 12.1. The second kappa shape index (κ2) is 9.34. The minimum absolute atomic E-state index is 0.150. The van der Waals surface area contributed by atoms with Crippen LogP contribution >= 0.6 is 11.3 Å². The fourth-order valence-corrected chi connectivity index (χ4v) is 4.38. The van der Waals surface area contributed by atoms with Crippen molar-refractivity contribution in [1.29, 1.82) is 0 Å². The molecule has 0 unspecified atom stereocenters. The first-order valence-electron chi connectivity index (χ1n) is 7.80. The number of carbonyl (C=O) groups excluding carboxylic acids is 1. The molecule has 0 aromatic carbocycles. The van der Waals surface area contributed by atoms with Crippen LogP contribution in [0.1, 0.15) is 55.5 Å². The first kappa shape index (κ1) is 20.1. The molecule has 6 nitrogen and oxygen atoms in total. The van der Waals surface area contributed by atoms with E-state index in [9.17, 15) is 13.2 Å². The Hall–Kier alpha value is -0.990. The summed E-state index contributed by atoms with van der Waals surface area (Å²) in [4.78, 5) is 15.6. The molecule has 1 aromatic rings. The predicted octanol–water partition coefficient (Wildman–Crippen LogP) is 2.91. The molecule has 0 N–H and O–H groups in total. The van der Waals surface area contributed by atoms with Crippen molar-refractivity contribution in [3.05, 3.63) is 16.1 Å². The van der Waals surface area contributed by atoms with Crippen LogP contribution in [0.25, 0.3) is 0 Å². The smallest absolute Gasteiger partial charge is 0.357 e. The third kappa shape index (κ3) is 6.56. The van der Waals surface area contributed by atoms with Gasteiger partial charge in [-0.3, -0.25) is 0 Å². The molecule has 0 saturated carbocycles. The summed E-state index contributed by atoms with van der Waals surface area (Å²) in [5.41, 5.74) is 0.224. The Morgan fingerprint density at radius 3 is 2.70 bits per heavy atom. The summed E-state index contributed by atoms with van der Waals surface area (Å²) in [5.74, 6) is 0.0625. The highest BCUT2D eigenvalue weighted by molar-refractivity contribution is 7.89. The fourth-order valence-electron chi connectivity index (χ4n) is 1.91. The van der Waals surface area contributed by atoms with Gasteiger partial charge in [0.2, 0.25) is 10.0 Å². The largest absolute Gasteiger partial charge is 0.464 e. The Balaban J connectivity index is 2.87. The van der Waals surface area contributed by atoms with Crippen LogP contribution in [0.5, 0.6) is 0 Å². The first-order valence-corrected chi connectivity index (χ1v) is 10.3. The summed E-state index contributed by atoms with van der Waals surface area (Å²) in [7, 11) is -2.01. The SMILES string of the molecule is CCCCS(=O)(=O)N(CCC(C)C)Cc1nc(C(=O)OC)cs1. The van der Waals surface area contributed by atoms with Crippen molar-refractivity contribution in [1.82, 2.24) is 9.29 Å². The lowest BCUT2D eigenvalue weighted by molar-refractivity contribution is 0.0594. The van der Waals surface area contributed by atoms with E-state index in [1.165, 1.54) is 22.8 Å². The average molecular weight is 363 g/mol. The van der Waals surface area contributed by atoms with Crippen LogP contribution in [0, 0.1) is 5.92 Å². The Morgan fingerprint density at radius 1 is 1.43 bits per heavy atom. The highest BCUT2D eigenvalue weighted by Crippen LogP contribution is 2.18. The molecular formula is C15H26N2O4S2. The molecule has 0 radical (unpaired) electrons. The number of hydrogen-bond acceptors (Lipinski definition) is 6. The Bertz CT molecular complexity index is 596. The molecule has 0 amide bonds. The zero-order valence-corrected chi connectivity index (χ0v) is 15.9. The van der Waals surface area contributed by atoms with Crippen molar-refractivity contribution in [3.8, 4) is 0 Å². The number of methoxy groups -OCH3 is 1. The summed E-state index contributed by atoms with van der Waals surface area (Å²) < 4.78 is 31.1. The summed E-state index contributed by atoms with van der Waals surface area (Å²) in [5, 5.41) is 2.20. The van der Waals surface area contributed by atoms with Gasteiger partial charge in [0, 0.05) is 11.9 Å². The monoisotopic (exact) mass is 362 g/mol. The molecule has 0 aliphatic heterocycles. The maximum absolute atomic E-state index is 12.5. The molecule has 0 spiro atoms. The van der Waals surface area contributed by atoms with Crippen LogP contribution in [0.4, 0.5) is 0 Å². The van der Waals surface area contributed by atoms with E-state index < -0.39 is 16.0 Å². The topological polar surface area (TPSA) is 76.6 Å². The van der Waals surface area contributed by atoms with Gasteiger partial charge in [-0.25, -0.2) is 18.2 Å². The van der Waals surface area contributed by atoms with E-state index in [1.54, 1.807) is 5.38 Å². The Kier molecular flexibility index (Phi) is 8.15. The van der Waals surface area contributed by atoms with Crippen LogP contribution in [0.3, 0.4) is 0 Å². The number of hydrogen-bond donors (Lipinski definition) is 0. The molecular weight excluding hydrogens is 336 g/mol. The predicted molar refractivity (Wildman–Crippen MR) is 92.0 cm³/mol. The van der Waals surface area contributed by atoms with Crippen LogP contribution in [0.15, 0.2) is 5.38 Å². The van der Waals surface area contributed by atoms with Crippen LogP contribution < -0.4 is 0 Å². The van der Waals surface area contributed by atoms with Gasteiger partial charge < -0.3 is 4.74 Å². The van der Waals surface area contributed by atoms with Gasteiger partial charge in [0.25, 0.3) is 0 Å². The van der Waals surface area contributed by atoms with Gasteiger partial charge in [0.15, 0.2) is 5.69 Å². The molecule has 1 aromatic heterocycles. The van der Waals surface area contributed by atoms with E-state index in [0.29, 0.717) is 23.9 Å². The molecule has 0 aliphatic carbocycles. The van der Waals surface area contributed by atoms with Crippen LogP contribution in [0.2, 0.25) is 0 Å². The van der Waals surface area contributed by atoms with E-state index in [-0.39, 0.29) is 18.0 Å². The minimum Gasteiger partial charge on any atom is -0.464 e.